The number of unbranched alkanes of at least 4 members (excludes halogenated alkanes) is 1. The lowest BCUT2D eigenvalue weighted by atomic mass is 10.3. The summed E-state index contributed by atoms with van der Waals surface area (Å²) in [7, 11) is 0. The second-order valence-corrected chi connectivity index (χ2v) is 3.51. The molecule has 0 aliphatic carbocycles. The average Bonchev–Trinajstić information content (AvgIpc) is 2.26. The highest BCUT2D eigenvalue weighted by molar-refractivity contribution is 5.92. The molecule has 15 heavy (non-hydrogen) atoms. The summed E-state index contributed by atoms with van der Waals surface area (Å²) in [4.78, 5) is 6.68. The molecule has 0 saturated heterocycles. The largest absolute Gasteiger partial charge is 0.357 e. The number of nitrogens with zero attached hydrogens (tertiary/aromatic N) is 2. The summed E-state index contributed by atoms with van der Waals surface area (Å²) < 4.78 is 0. The quantitative estimate of drug-likeness (QED) is 0.461. The third-order valence-electron chi connectivity index (χ3n) is 2.14. The first-order valence-electron chi connectivity index (χ1n) is 5.86. The molecule has 2 heteroatoms. The van der Waals surface area contributed by atoms with E-state index in [0.717, 1.165) is 25.3 Å². The minimum atomic E-state index is 0.989. The Balaban J connectivity index is 4.45. The Morgan fingerprint density at radius 1 is 1.27 bits per heavy atom. The molecule has 0 atom stereocenters. The highest BCUT2D eigenvalue weighted by atomic mass is 15.2. The van der Waals surface area contributed by atoms with Gasteiger partial charge in [-0.15, -0.1) is 0 Å². The standard InChI is InChI=1S/C13H24N2/c1-5-9-12-15(11-7-3)13(8-4)14-10-6-2/h6,8,10H,4-5,7,9,11-12H2,1-3H3/b10-6-,14-13?. The van der Waals surface area contributed by atoms with Crippen molar-refractivity contribution in [1.29, 1.82) is 0 Å². The van der Waals surface area contributed by atoms with Crippen molar-refractivity contribution in [2.45, 2.75) is 40.0 Å². The molecule has 0 aromatic heterocycles. The van der Waals surface area contributed by atoms with Crippen LogP contribution in [0.15, 0.2) is 29.9 Å². The van der Waals surface area contributed by atoms with Gasteiger partial charge >= 0.3 is 0 Å². The summed E-state index contributed by atoms with van der Waals surface area (Å²) in [6, 6.07) is 0. The summed E-state index contributed by atoms with van der Waals surface area (Å²) in [5.74, 6) is 0.989. The third-order valence-corrected chi connectivity index (χ3v) is 2.14. The summed E-state index contributed by atoms with van der Waals surface area (Å²) in [5, 5.41) is 0. The van der Waals surface area contributed by atoms with Crippen molar-refractivity contribution in [2.75, 3.05) is 13.1 Å². The van der Waals surface area contributed by atoms with Gasteiger partial charge in [-0.2, -0.15) is 0 Å². The van der Waals surface area contributed by atoms with Crippen molar-refractivity contribution in [3.63, 3.8) is 0 Å². The zero-order chi connectivity index (χ0) is 11.5. The molecule has 0 heterocycles. The van der Waals surface area contributed by atoms with E-state index in [2.05, 4.69) is 30.3 Å². The fourth-order valence-electron chi connectivity index (χ4n) is 1.37. The molecule has 0 saturated carbocycles. The Morgan fingerprint density at radius 3 is 2.47 bits per heavy atom. The molecule has 0 N–H and O–H groups in total. The molecule has 2 nitrogen and oxygen atoms in total. The van der Waals surface area contributed by atoms with E-state index in [1.54, 1.807) is 0 Å². The van der Waals surface area contributed by atoms with Crippen LogP contribution < -0.4 is 0 Å². The molecule has 0 spiro atoms. The van der Waals surface area contributed by atoms with Crippen molar-refractivity contribution in [1.82, 2.24) is 4.90 Å². The fraction of sp³-hybridized carbons (Fsp3) is 0.615. The minimum absolute atomic E-state index is 0.989. The lowest BCUT2D eigenvalue weighted by Gasteiger charge is -2.23. The molecular formula is C13H24N2. The number of hydrogen-bond acceptors (Lipinski definition) is 1. The van der Waals surface area contributed by atoms with Gasteiger partial charge in [-0.3, -0.25) is 0 Å². The van der Waals surface area contributed by atoms with Crippen LogP contribution in [0.2, 0.25) is 0 Å². The number of aliphatic imine (C=N–C) groups is 1. The van der Waals surface area contributed by atoms with Crippen LogP contribution >= 0.6 is 0 Å². The smallest absolute Gasteiger partial charge is 0.127 e. The monoisotopic (exact) mass is 208 g/mol. The van der Waals surface area contributed by atoms with Crippen LogP contribution in [0.3, 0.4) is 0 Å². The first-order valence-corrected chi connectivity index (χ1v) is 5.86. The topological polar surface area (TPSA) is 15.6 Å². The Morgan fingerprint density at radius 2 is 2.00 bits per heavy atom. The molecule has 0 bridgehead atoms. The molecule has 0 unspecified atom stereocenters. The first-order chi connectivity index (χ1) is 7.29. The van der Waals surface area contributed by atoms with Gasteiger partial charge in [0, 0.05) is 19.3 Å². The van der Waals surface area contributed by atoms with Gasteiger partial charge in [-0.1, -0.05) is 32.9 Å². The maximum atomic E-state index is 4.38. The summed E-state index contributed by atoms with van der Waals surface area (Å²) in [6.07, 6.45) is 9.17. The lowest BCUT2D eigenvalue weighted by Crippen LogP contribution is -2.31. The molecule has 0 rings (SSSR count). The van der Waals surface area contributed by atoms with E-state index in [0.29, 0.717) is 0 Å². The van der Waals surface area contributed by atoms with Crippen LogP contribution in [0.25, 0.3) is 0 Å². The second kappa shape index (κ2) is 9.50. The zero-order valence-corrected chi connectivity index (χ0v) is 10.4. The Kier molecular flexibility index (Phi) is 8.84. The van der Waals surface area contributed by atoms with Gasteiger partial charge in [0.05, 0.1) is 0 Å². The summed E-state index contributed by atoms with van der Waals surface area (Å²) in [6.45, 7) is 12.3. The number of hydrogen-bond donors (Lipinski definition) is 0. The SMILES string of the molecule is C=CC(=N/C=C\C)N(CCC)CCCC. The van der Waals surface area contributed by atoms with Crippen molar-refractivity contribution in [2.24, 2.45) is 4.99 Å². The van der Waals surface area contributed by atoms with Gasteiger partial charge in [-0.05, 0) is 25.8 Å². The van der Waals surface area contributed by atoms with E-state index in [4.69, 9.17) is 0 Å². The maximum absolute atomic E-state index is 4.38. The fourth-order valence-corrected chi connectivity index (χ4v) is 1.37. The van der Waals surface area contributed by atoms with Gasteiger partial charge in [0.2, 0.25) is 0 Å². The van der Waals surface area contributed by atoms with E-state index in [1.165, 1.54) is 12.8 Å². The van der Waals surface area contributed by atoms with E-state index in [-0.39, 0.29) is 0 Å². The predicted octanol–water partition coefficient (Wildman–Crippen LogP) is 3.62. The van der Waals surface area contributed by atoms with Gasteiger partial charge in [0.15, 0.2) is 0 Å². The molecule has 0 aromatic rings. The molecule has 0 aliphatic rings. The Bertz CT molecular complexity index is 217. The van der Waals surface area contributed by atoms with Crippen LogP contribution in [0.1, 0.15) is 40.0 Å². The molecule has 0 fully saturated rings. The molecule has 0 aliphatic heterocycles. The van der Waals surface area contributed by atoms with Crippen molar-refractivity contribution >= 4 is 5.84 Å². The van der Waals surface area contributed by atoms with Crippen LogP contribution in [0, 0.1) is 0 Å². The maximum Gasteiger partial charge on any atom is 0.127 e. The predicted molar refractivity (Wildman–Crippen MR) is 69.2 cm³/mol. The third kappa shape index (κ3) is 6.10. The van der Waals surface area contributed by atoms with E-state index < -0.39 is 0 Å². The van der Waals surface area contributed by atoms with Crippen molar-refractivity contribution in [3.8, 4) is 0 Å². The molecule has 0 radical (unpaired) electrons. The molecule has 0 amide bonds. The van der Waals surface area contributed by atoms with Crippen LogP contribution in [0.4, 0.5) is 0 Å². The number of allylic oxidation sites excluding steroid dienone is 1. The van der Waals surface area contributed by atoms with Crippen LogP contribution in [0.5, 0.6) is 0 Å². The Labute approximate surface area is 94.4 Å². The van der Waals surface area contributed by atoms with Crippen LogP contribution in [-0.2, 0) is 0 Å². The van der Waals surface area contributed by atoms with Crippen molar-refractivity contribution < 1.29 is 0 Å². The Hall–Kier alpha value is -1.05. The highest BCUT2D eigenvalue weighted by Crippen LogP contribution is 2.00. The minimum Gasteiger partial charge on any atom is -0.357 e. The number of amidine groups is 1. The van der Waals surface area contributed by atoms with Gasteiger partial charge in [-0.25, -0.2) is 4.99 Å². The van der Waals surface area contributed by atoms with Gasteiger partial charge in [0.1, 0.15) is 5.84 Å². The van der Waals surface area contributed by atoms with E-state index in [9.17, 15) is 0 Å². The van der Waals surface area contributed by atoms with Crippen LogP contribution in [-0.4, -0.2) is 23.8 Å². The van der Waals surface area contributed by atoms with E-state index in [1.807, 2.05) is 25.3 Å². The molecular weight excluding hydrogens is 184 g/mol. The number of rotatable bonds is 7. The van der Waals surface area contributed by atoms with Gasteiger partial charge in [0.25, 0.3) is 0 Å². The summed E-state index contributed by atoms with van der Waals surface area (Å²) in [5.41, 5.74) is 0. The zero-order valence-electron chi connectivity index (χ0n) is 10.4. The highest BCUT2D eigenvalue weighted by Gasteiger charge is 2.05. The van der Waals surface area contributed by atoms with Gasteiger partial charge < -0.3 is 4.90 Å². The van der Waals surface area contributed by atoms with E-state index >= 15 is 0 Å². The first kappa shape index (κ1) is 13.9. The second-order valence-electron chi connectivity index (χ2n) is 3.51. The van der Waals surface area contributed by atoms with Crippen molar-refractivity contribution in [3.05, 3.63) is 24.9 Å². The summed E-state index contributed by atoms with van der Waals surface area (Å²) >= 11 is 0. The normalized spacial score (nSPS) is 12.1. The molecule has 86 valence electrons. The average molecular weight is 208 g/mol. The molecule has 0 aromatic carbocycles. The lowest BCUT2D eigenvalue weighted by molar-refractivity contribution is 0.409.